The van der Waals surface area contributed by atoms with Crippen molar-refractivity contribution < 1.29 is 13.9 Å². The van der Waals surface area contributed by atoms with Gasteiger partial charge >= 0.3 is 5.97 Å². The Hall–Kier alpha value is -3.16. The van der Waals surface area contributed by atoms with Gasteiger partial charge in [-0.1, -0.05) is 35.9 Å². The maximum absolute atomic E-state index is 12.8. The predicted octanol–water partition coefficient (Wildman–Crippen LogP) is 4.46. The molecule has 3 heterocycles. The first-order valence-corrected chi connectivity index (χ1v) is 11.1. The number of hydrogen-bond donors (Lipinski definition) is 0. The van der Waals surface area contributed by atoms with Crippen LogP contribution in [0.5, 0.6) is 0 Å². The molecule has 164 valence electrons. The van der Waals surface area contributed by atoms with Crippen LogP contribution in [0.15, 0.2) is 59.3 Å². The van der Waals surface area contributed by atoms with Gasteiger partial charge in [-0.3, -0.25) is 4.90 Å². The van der Waals surface area contributed by atoms with Crippen molar-refractivity contribution in [2.45, 2.75) is 13.0 Å². The molecule has 5 rings (SSSR count). The Labute approximate surface area is 190 Å². The number of anilines is 1. The number of nitrogens with zero attached hydrogens (tertiary/aromatic N) is 4. The molecule has 32 heavy (non-hydrogen) atoms. The van der Waals surface area contributed by atoms with E-state index in [0.29, 0.717) is 43.4 Å². The lowest BCUT2D eigenvalue weighted by molar-refractivity contribution is -0.150. The molecule has 2 aromatic heterocycles. The van der Waals surface area contributed by atoms with E-state index in [-0.39, 0.29) is 5.97 Å². The van der Waals surface area contributed by atoms with Crippen molar-refractivity contribution in [1.82, 2.24) is 14.9 Å². The summed E-state index contributed by atoms with van der Waals surface area (Å²) in [5.41, 5.74) is 3.19. The van der Waals surface area contributed by atoms with Crippen LogP contribution in [-0.2, 0) is 9.53 Å². The molecule has 0 saturated carbocycles. The smallest absolute Gasteiger partial charge is 0.328 e. The molecule has 2 aromatic carbocycles. The Balaban J connectivity index is 1.40. The van der Waals surface area contributed by atoms with Gasteiger partial charge < -0.3 is 14.1 Å². The molecule has 0 aliphatic carbocycles. The van der Waals surface area contributed by atoms with Gasteiger partial charge in [-0.2, -0.15) is 0 Å². The van der Waals surface area contributed by atoms with E-state index in [2.05, 4.69) is 19.8 Å². The number of carbonyl (C=O) groups excluding carboxylic acids is 1. The van der Waals surface area contributed by atoms with Crippen LogP contribution < -0.4 is 4.90 Å². The number of carbonyl (C=O) groups is 1. The van der Waals surface area contributed by atoms with Gasteiger partial charge in [0.05, 0.1) is 6.61 Å². The van der Waals surface area contributed by atoms with Crippen LogP contribution in [0.25, 0.3) is 22.1 Å². The molecule has 0 spiro atoms. The highest BCUT2D eigenvalue weighted by atomic mass is 35.5. The van der Waals surface area contributed by atoms with E-state index in [9.17, 15) is 4.79 Å². The molecule has 1 unspecified atom stereocenters. The topological polar surface area (TPSA) is 71.7 Å². The second-order valence-electron chi connectivity index (χ2n) is 7.70. The third-order valence-corrected chi connectivity index (χ3v) is 6.07. The van der Waals surface area contributed by atoms with E-state index in [1.165, 1.54) is 0 Å². The second kappa shape index (κ2) is 8.76. The normalized spacial score (nSPS) is 15.9. The van der Waals surface area contributed by atoms with Crippen molar-refractivity contribution in [3.05, 3.63) is 65.4 Å². The molecule has 7 nitrogen and oxygen atoms in total. The van der Waals surface area contributed by atoms with Crippen LogP contribution in [-0.4, -0.2) is 53.6 Å². The van der Waals surface area contributed by atoms with Gasteiger partial charge in [0.25, 0.3) is 0 Å². The number of ether oxygens (including phenoxy) is 1. The first kappa shape index (κ1) is 20.7. The molecule has 0 radical (unpaired) electrons. The lowest BCUT2D eigenvalue weighted by atomic mass is 10.0. The van der Waals surface area contributed by atoms with E-state index in [1.807, 2.05) is 43.3 Å². The molecule has 4 aromatic rings. The highest BCUT2D eigenvalue weighted by molar-refractivity contribution is 6.30. The van der Waals surface area contributed by atoms with Gasteiger partial charge in [0.15, 0.2) is 11.4 Å². The highest BCUT2D eigenvalue weighted by Crippen LogP contribution is 2.33. The first-order chi connectivity index (χ1) is 15.7. The fraction of sp³-hybridized carbons (Fsp3) is 0.292. The number of benzene rings is 2. The zero-order valence-electron chi connectivity index (χ0n) is 17.7. The Morgan fingerprint density at radius 1 is 1.09 bits per heavy atom. The summed E-state index contributed by atoms with van der Waals surface area (Å²) in [4.78, 5) is 26.1. The van der Waals surface area contributed by atoms with Gasteiger partial charge in [-0.15, -0.1) is 0 Å². The summed E-state index contributed by atoms with van der Waals surface area (Å²) in [5, 5.41) is 1.62. The number of para-hydroxylation sites is 1. The van der Waals surface area contributed by atoms with E-state index in [0.717, 1.165) is 27.9 Å². The number of piperazine rings is 1. The summed E-state index contributed by atoms with van der Waals surface area (Å²) in [7, 11) is 0. The fourth-order valence-corrected chi connectivity index (χ4v) is 4.42. The van der Waals surface area contributed by atoms with Crippen LogP contribution in [0.2, 0.25) is 5.02 Å². The minimum Gasteiger partial charge on any atom is -0.465 e. The Morgan fingerprint density at radius 2 is 1.84 bits per heavy atom. The molecule has 0 bridgehead atoms. The van der Waals surface area contributed by atoms with Crippen molar-refractivity contribution in [2.24, 2.45) is 0 Å². The number of furan rings is 1. The van der Waals surface area contributed by atoms with Crippen LogP contribution in [0.4, 0.5) is 5.82 Å². The van der Waals surface area contributed by atoms with Crippen molar-refractivity contribution in [3.63, 3.8) is 0 Å². The van der Waals surface area contributed by atoms with Crippen LogP contribution in [0.1, 0.15) is 18.5 Å². The van der Waals surface area contributed by atoms with Gasteiger partial charge in [-0.25, -0.2) is 14.8 Å². The molecule has 0 N–H and O–H groups in total. The summed E-state index contributed by atoms with van der Waals surface area (Å²) in [6.07, 6.45) is 1.58. The number of halogens is 1. The summed E-state index contributed by atoms with van der Waals surface area (Å²) in [5.74, 6) is 0.537. The molecule has 1 aliphatic rings. The molecular formula is C24H23ClN4O3. The third kappa shape index (κ3) is 3.78. The molecule has 8 heteroatoms. The zero-order chi connectivity index (χ0) is 22.1. The number of aromatic nitrogens is 2. The summed E-state index contributed by atoms with van der Waals surface area (Å²) >= 11 is 6.05. The van der Waals surface area contributed by atoms with E-state index in [1.54, 1.807) is 18.5 Å². The lowest BCUT2D eigenvalue weighted by Crippen LogP contribution is -2.49. The van der Waals surface area contributed by atoms with Crippen LogP contribution in [0, 0.1) is 0 Å². The third-order valence-electron chi connectivity index (χ3n) is 5.81. The first-order valence-electron chi connectivity index (χ1n) is 10.7. The predicted molar refractivity (Wildman–Crippen MR) is 124 cm³/mol. The number of fused-ring (bicyclic) bond motifs is 3. The molecule has 1 fully saturated rings. The average Bonchev–Trinajstić information content (AvgIpc) is 3.20. The highest BCUT2D eigenvalue weighted by Gasteiger charge is 2.32. The maximum atomic E-state index is 12.8. The molecule has 1 atom stereocenters. The average molecular weight is 451 g/mol. The van der Waals surface area contributed by atoms with Crippen molar-refractivity contribution in [3.8, 4) is 0 Å². The van der Waals surface area contributed by atoms with E-state index in [4.69, 9.17) is 20.8 Å². The monoisotopic (exact) mass is 450 g/mol. The van der Waals surface area contributed by atoms with Gasteiger partial charge in [-0.05, 0) is 36.8 Å². The summed E-state index contributed by atoms with van der Waals surface area (Å²) < 4.78 is 11.5. The fourth-order valence-electron chi connectivity index (χ4n) is 4.29. The standard InChI is InChI=1S/C24H23ClN4O3/c1-2-31-24(30)21(16-7-9-17(25)10-8-16)28-11-13-29(14-12-28)23-22-20(26-15-27-23)18-5-3-4-6-19(18)32-22/h3-10,15,21H,2,11-14H2,1H3. The molecule has 1 aliphatic heterocycles. The number of esters is 1. The van der Waals surface area contributed by atoms with Gasteiger partial charge in [0, 0.05) is 36.6 Å². The van der Waals surface area contributed by atoms with E-state index >= 15 is 0 Å². The number of rotatable bonds is 5. The molecule has 0 amide bonds. The van der Waals surface area contributed by atoms with Gasteiger partial charge in [0.2, 0.25) is 0 Å². The SMILES string of the molecule is CCOC(=O)C(c1ccc(Cl)cc1)N1CCN(c2ncnc3c2oc2ccccc23)CC1. The summed E-state index contributed by atoms with van der Waals surface area (Å²) in [6.45, 7) is 4.92. The molecular weight excluding hydrogens is 428 g/mol. The summed E-state index contributed by atoms with van der Waals surface area (Å²) in [6, 6.07) is 14.8. The van der Waals surface area contributed by atoms with Crippen molar-refractivity contribution in [1.29, 1.82) is 0 Å². The molecule has 1 saturated heterocycles. The lowest BCUT2D eigenvalue weighted by Gasteiger charge is -2.38. The second-order valence-corrected chi connectivity index (χ2v) is 8.14. The van der Waals surface area contributed by atoms with Crippen LogP contribution >= 0.6 is 11.6 Å². The maximum Gasteiger partial charge on any atom is 0.328 e. The largest absolute Gasteiger partial charge is 0.465 e. The van der Waals surface area contributed by atoms with Crippen LogP contribution in [0.3, 0.4) is 0 Å². The van der Waals surface area contributed by atoms with Crippen molar-refractivity contribution >= 4 is 45.5 Å². The Morgan fingerprint density at radius 3 is 2.59 bits per heavy atom. The zero-order valence-corrected chi connectivity index (χ0v) is 18.5. The Bertz CT molecular complexity index is 1250. The van der Waals surface area contributed by atoms with Gasteiger partial charge in [0.1, 0.15) is 23.5 Å². The number of hydrogen-bond acceptors (Lipinski definition) is 7. The quantitative estimate of drug-likeness (QED) is 0.416. The minimum absolute atomic E-state index is 0.245. The van der Waals surface area contributed by atoms with Crippen molar-refractivity contribution in [2.75, 3.05) is 37.7 Å². The van der Waals surface area contributed by atoms with E-state index < -0.39 is 6.04 Å². The Kier molecular flexibility index (Phi) is 5.68. The minimum atomic E-state index is -0.467.